The van der Waals surface area contributed by atoms with Gasteiger partial charge in [-0.1, -0.05) is 6.07 Å². The van der Waals surface area contributed by atoms with Crippen molar-refractivity contribution < 1.29 is 4.74 Å². The normalized spacial score (nSPS) is 9.38. The van der Waals surface area contributed by atoms with Crippen molar-refractivity contribution in [2.75, 3.05) is 7.11 Å². The number of hydrogen-bond acceptors (Lipinski definition) is 2. The SMILES string of the molecule is COc1ccc(CC#N)c(I)c1Br. The van der Waals surface area contributed by atoms with Gasteiger partial charge < -0.3 is 4.74 Å². The third-order valence-electron chi connectivity index (χ3n) is 1.62. The van der Waals surface area contributed by atoms with Gasteiger partial charge in [0.2, 0.25) is 0 Å². The molecule has 0 aliphatic heterocycles. The maximum atomic E-state index is 8.56. The van der Waals surface area contributed by atoms with Gasteiger partial charge in [0.25, 0.3) is 0 Å². The molecule has 0 aromatic heterocycles. The van der Waals surface area contributed by atoms with Crippen LogP contribution in [0.1, 0.15) is 5.56 Å². The molecule has 0 aliphatic carbocycles. The molecule has 0 amide bonds. The Morgan fingerprint density at radius 3 is 2.85 bits per heavy atom. The number of methoxy groups -OCH3 is 1. The average molecular weight is 352 g/mol. The lowest BCUT2D eigenvalue weighted by Gasteiger charge is -2.07. The maximum absolute atomic E-state index is 8.56. The molecule has 1 rings (SSSR count). The molecule has 4 heteroatoms. The molecule has 0 spiro atoms. The van der Waals surface area contributed by atoms with E-state index in [9.17, 15) is 0 Å². The van der Waals surface area contributed by atoms with E-state index in [4.69, 9.17) is 10.00 Å². The van der Waals surface area contributed by atoms with Crippen LogP contribution in [-0.4, -0.2) is 7.11 Å². The van der Waals surface area contributed by atoms with Gasteiger partial charge in [0.15, 0.2) is 0 Å². The number of ether oxygens (including phenoxy) is 1. The third kappa shape index (κ3) is 2.35. The molecule has 1 aromatic carbocycles. The summed E-state index contributed by atoms with van der Waals surface area (Å²) in [5, 5.41) is 8.56. The van der Waals surface area contributed by atoms with Gasteiger partial charge in [-0.15, -0.1) is 0 Å². The Kier molecular flexibility index (Phi) is 4.00. The molecule has 0 aliphatic rings. The second-order valence-corrected chi connectivity index (χ2v) is 4.26. The summed E-state index contributed by atoms with van der Waals surface area (Å²) in [5.74, 6) is 0.797. The van der Waals surface area contributed by atoms with Crippen LogP contribution in [-0.2, 0) is 6.42 Å². The number of nitrogens with zero attached hydrogens (tertiary/aromatic N) is 1. The lowest BCUT2D eigenvalue weighted by Crippen LogP contribution is -1.92. The van der Waals surface area contributed by atoms with E-state index < -0.39 is 0 Å². The molecule has 0 saturated heterocycles. The molecule has 0 N–H and O–H groups in total. The molecule has 1 aromatic rings. The number of hydrogen-bond donors (Lipinski definition) is 0. The molecule has 68 valence electrons. The Balaban J connectivity index is 3.17. The zero-order valence-corrected chi connectivity index (χ0v) is 10.7. The zero-order valence-electron chi connectivity index (χ0n) is 6.97. The van der Waals surface area contributed by atoms with E-state index in [1.54, 1.807) is 7.11 Å². The number of nitriles is 1. The Morgan fingerprint density at radius 1 is 1.62 bits per heavy atom. The Morgan fingerprint density at radius 2 is 2.31 bits per heavy atom. The van der Waals surface area contributed by atoms with Crippen molar-refractivity contribution >= 4 is 38.5 Å². The molecular formula is C9H7BrINO. The first-order valence-electron chi connectivity index (χ1n) is 3.58. The van der Waals surface area contributed by atoms with E-state index >= 15 is 0 Å². The fraction of sp³-hybridized carbons (Fsp3) is 0.222. The second kappa shape index (κ2) is 4.82. The second-order valence-electron chi connectivity index (χ2n) is 2.39. The standard InChI is InChI=1S/C9H7BrINO/c1-13-7-3-2-6(4-5-12)9(11)8(7)10/h2-3H,4H2,1H3. The summed E-state index contributed by atoms with van der Waals surface area (Å²) in [6.07, 6.45) is 0.431. The van der Waals surface area contributed by atoms with Crippen LogP contribution in [0.5, 0.6) is 5.75 Å². The Labute approximate surface area is 99.2 Å². The van der Waals surface area contributed by atoms with E-state index in [2.05, 4.69) is 44.6 Å². The minimum absolute atomic E-state index is 0.431. The highest BCUT2D eigenvalue weighted by Crippen LogP contribution is 2.32. The summed E-state index contributed by atoms with van der Waals surface area (Å²) in [5.41, 5.74) is 1.02. The Hall–Kier alpha value is -0.280. The van der Waals surface area contributed by atoms with Gasteiger partial charge in [-0.3, -0.25) is 0 Å². The molecule has 0 heterocycles. The van der Waals surface area contributed by atoms with Crippen molar-refractivity contribution in [2.45, 2.75) is 6.42 Å². The molecule has 13 heavy (non-hydrogen) atoms. The lowest BCUT2D eigenvalue weighted by molar-refractivity contribution is 0.411. The minimum atomic E-state index is 0.431. The van der Waals surface area contributed by atoms with Crippen LogP contribution in [0.3, 0.4) is 0 Å². The van der Waals surface area contributed by atoms with E-state index in [-0.39, 0.29) is 0 Å². The summed E-state index contributed by atoms with van der Waals surface area (Å²) >= 11 is 5.62. The van der Waals surface area contributed by atoms with E-state index in [1.165, 1.54) is 0 Å². The van der Waals surface area contributed by atoms with E-state index in [1.807, 2.05) is 12.1 Å². The first-order chi connectivity index (χ1) is 6.20. The molecule has 2 nitrogen and oxygen atoms in total. The highest BCUT2D eigenvalue weighted by molar-refractivity contribution is 14.1. The highest BCUT2D eigenvalue weighted by Gasteiger charge is 2.08. The van der Waals surface area contributed by atoms with Crippen molar-refractivity contribution in [1.29, 1.82) is 5.26 Å². The van der Waals surface area contributed by atoms with Crippen LogP contribution in [0.2, 0.25) is 0 Å². The monoisotopic (exact) mass is 351 g/mol. The van der Waals surface area contributed by atoms with Gasteiger partial charge in [0.1, 0.15) is 5.75 Å². The largest absolute Gasteiger partial charge is 0.496 e. The zero-order chi connectivity index (χ0) is 9.84. The maximum Gasteiger partial charge on any atom is 0.134 e. The Bertz CT molecular complexity index is 359. The van der Waals surface area contributed by atoms with Gasteiger partial charge in [-0.2, -0.15) is 5.26 Å². The van der Waals surface area contributed by atoms with E-state index in [0.29, 0.717) is 6.42 Å². The molecular weight excluding hydrogens is 345 g/mol. The predicted molar refractivity (Wildman–Crippen MR) is 62.7 cm³/mol. The van der Waals surface area contributed by atoms with Crippen molar-refractivity contribution in [3.05, 3.63) is 25.7 Å². The number of halogens is 2. The van der Waals surface area contributed by atoms with Crippen LogP contribution < -0.4 is 4.74 Å². The van der Waals surface area contributed by atoms with Crippen LogP contribution in [0.15, 0.2) is 16.6 Å². The van der Waals surface area contributed by atoms with Gasteiger partial charge in [0, 0.05) is 3.57 Å². The van der Waals surface area contributed by atoms with Gasteiger partial charge >= 0.3 is 0 Å². The highest BCUT2D eigenvalue weighted by atomic mass is 127. The van der Waals surface area contributed by atoms with Crippen molar-refractivity contribution in [3.63, 3.8) is 0 Å². The van der Waals surface area contributed by atoms with Crippen molar-refractivity contribution in [3.8, 4) is 11.8 Å². The predicted octanol–water partition coefficient (Wildman–Crippen LogP) is 3.13. The van der Waals surface area contributed by atoms with Gasteiger partial charge in [0.05, 0.1) is 24.1 Å². The van der Waals surface area contributed by atoms with Gasteiger partial charge in [-0.25, -0.2) is 0 Å². The summed E-state index contributed by atoms with van der Waals surface area (Å²) in [6, 6.07) is 5.89. The number of rotatable bonds is 2. The lowest BCUT2D eigenvalue weighted by atomic mass is 10.2. The van der Waals surface area contributed by atoms with Crippen LogP contribution >= 0.6 is 38.5 Å². The first kappa shape index (κ1) is 10.8. The smallest absolute Gasteiger partial charge is 0.134 e. The third-order valence-corrected chi connectivity index (χ3v) is 4.38. The average Bonchev–Trinajstić information content (AvgIpc) is 2.14. The number of benzene rings is 1. The minimum Gasteiger partial charge on any atom is -0.496 e. The molecule has 0 atom stereocenters. The van der Waals surface area contributed by atoms with Crippen LogP contribution in [0.4, 0.5) is 0 Å². The van der Waals surface area contributed by atoms with Gasteiger partial charge in [-0.05, 0) is 50.2 Å². The molecule has 0 unspecified atom stereocenters. The molecule has 0 radical (unpaired) electrons. The first-order valence-corrected chi connectivity index (χ1v) is 5.45. The van der Waals surface area contributed by atoms with Crippen LogP contribution in [0, 0.1) is 14.9 Å². The summed E-state index contributed by atoms with van der Waals surface area (Å²) < 4.78 is 7.08. The topological polar surface area (TPSA) is 33.0 Å². The summed E-state index contributed by atoms with van der Waals surface area (Å²) in [4.78, 5) is 0. The quantitative estimate of drug-likeness (QED) is 0.767. The van der Waals surface area contributed by atoms with Crippen molar-refractivity contribution in [1.82, 2.24) is 0 Å². The van der Waals surface area contributed by atoms with Crippen LogP contribution in [0.25, 0.3) is 0 Å². The summed E-state index contributed by atoms with van der Waals surface area (Å²) in [6.45, 7) is 0. The fourth-order valence-electron chi connectivity index (χ4n) is 0.951. The summed E-state index contributed by atoms with van der Waals surface area (Å²) in [7, 11) is 1.63. The molecule has 0 fully saturated rings. The van der Waals surface area contributed by atoms with Crippen molar-refractivity contribution in [2.24, 2.45) is 0 Å². The molecule has 0 saturated carbocycles. The van der Waals surface area contributed by atoms with E-state index in [0.717, 1.165) is 19.4 Å². The fourth-order valence-corrected chi connectivity index (χ4v) is 2.14. The molecule has 0 bridgehead atoms.